The van der Waals surface area contributed by atoms with Gasteiger partial charge in [-0.3, -0.25) is 4.79 Å². The Morgan fingerprint density at radius 2 is 1.95 bits per heavy atom. The Kier molecular flexibility index (Phi) is 5.34. The molecule has 1 rings (SSSR count). The standard InChI is InChI=1S/C12H15ClO5S/c1-8-9(12(13)14)4-5-10(19(3,15)16)11(8)18-7-6-17-2/h4-5H,6-7H2,1-3H3. The van der Waals surface area contributed by atoms with Gasteiger partial charge in [0.1, 0.15) is 17.3 Å². The first-order valence-corrected chi connectivity index (χ1v) is 7.71. The van der Waals surface area contributed by atoms with Crippen molar-refractivity contribution in [3.05, 3.63) is 23.3 Å². The Hall–Kier alpha value is -1.11. The molecule has 19 heavy (non-hydrogen) atoms. The number of ether oxygens (including phenoxy) is 2. The predicted octanol–water partition coefficient (Wildman–Crippen LogP) is 1.80. The molecule has 0 spiro atoms. The van der Waals surface area contributed by atoms with Gasteiger partial charge in [-0.15, -0.1) is 0 Å². The number of halogens is 1. The molecule has 0 bridgehead atoms. The summed E-state index contributed by atoms with van der Waals surface area (Å²) in [6.45, 7) is 2.08. The fraction of sp³-hybridized carbons (Fsp3) is 0.417. The molecule has 0 unspecified atom stereocenters. The molecule has 0 saturated heterocycles. The molecule has 0 fully saturated rings. The van der Waals surface area contributed by atoms with Gasteiger partial charge in [-0.2, -0.15) is 0 Å². The summed E-state index contributed by atoms with van der Waals surface area (Å²) in [5, 5.41) is -0.658. The van der Waals surface area contributed by atoms with Gasteiger partial charge in [-0.05, 0) is 30.7 Å². The zero-order chi connectivity index (χ0) is 14.6. The fourth-order valence-corrected chi connectivity index (χ4v) is 2.65. The molecular weight excluding hydrogens is 292 g/mol. The summed E-state index contributed by atoms with van der Waals surface area (Å²) in [5.41, 5.74) is 0.625. The number of sulfone groups is 1. The van der Waals surface area contributed by atoms with E-state index in [4.69, 9.17) is 21.1 Å². The third kappa shape index (κ3) is 3.92. The van der Waals surface area contributed by atoms with Crippen LogP contribution in [0.25, 0.3) is 0 Å². The number of hydrogen-bond donors (Lipinski definition) is 0. The number of benzene rings is 1. The lowest BCUT2D eigenvalue weighted by molar-refractivity contribution is 0.107. The number of methoxy groups -OCH3 is 1. The summed E-state index contributed by atoms with van der Waals surface area (Å²) < 4.78 is 33.6. The monoisotopic (exact) mass is 306 g/mol. The van der Waals surface area contributed by atoms with E-state index in [2.05, 4.69) is 0 Å². The summed E-state index contributed by atoms with van der Waals surface area (Å²) >= 11 is 5.44. The van der Waals surface area contributed by atoms with Crippen LogP contribution in [0.5, 0.6) is 5.75 Å². The van der Waals surface area contributed by atoms with Crippen LogP contribution >= 0.6 is 11.6 Å². The first-order chi connectivity index (χ1) is 8.79. The van der Waals surface area contributed by atoms with Gasteiger partial charge in [-0.1, -0.05) is 0 Å². The second kappa shape index (κ2) is 6.36. The van der Waals surface area contributed by atoms with Crippen molar-refractivity contribution in [2.75, 3.05) is 26.6 Å². The molecule has 106 valence electrons. The van der Waals surface area contributed by atoms with Crippen LogP contribution in [0.15, 0.2) is 17.0 Å². The SMILES string of the molecule is COCCOc1c(S(C)(=O)=O)ccc(C(=O)Cl)c1C. The van der Waals surface area contributed by atoms with Gasteiger partial charge in [0, 0.05) is 24.5 Å². The van der Waals surface area contributed by atoms with Crippen LogP contribution in [0.4, 0.5) is 0 Å². The molecule has 0 atom stereocenters. The van der Waals surface area contributed by atoms with Gasteiger partial charge in [0.25, 0.3) is 5.24 Å². The van der Waals surface area contributed by atoms with Crippen LogP contribution in [-0.4, -0.2) is 40.2 Å². The molecule has 5 nitrogen and oxygen atoms in total. The Bertz CT molecular complexity index is 580. The highest BCUT2D eigenvalue weighted by Crippen LogP contribution is 2.31. The lowest BCUT2D eigenvalue weighted by Gasteiger charge is -2.14. The van der Waals surface area contributed by atoms with Gasteiger partial charge in [0.05, 0.1) is 6.61 Å². The Balaban J connectivity index is 3.34. The van der Waals surface area contributed by atoms with E-state index < -0.39 is 15.1 Å². The Morgan fingerprint density at radius 1 is 1.32 bits per heavy atom. The molecule has 1 aromatic rings. The summed E-state index contributed by atoms with van der Waals surface area (Å²) in [6.07, 6.45) is 1.08. The van der Waals surface area contributed by atoms with Gasteiger partial charge >= 0.3 is 0 Å². The molecule has 1 aromatic carbocycles. The van der Waals surface area contributed by atoms with Gasteiger partial charge < -0.3 is 9.47 Å². The highest BCUT2D eigenvalue weighted by Gasteiger charge is 2.20. The van der Waals surface area contributed by atoms with Crippen molar-refractivity contribution in [3.63, 3.8) is 0 Å². The number of carbonyl (C=O) groups is 1. The molecule has 0 aliphatic rings. The highest BCUT2D eigenvalue weighted by atomic mass is 35.5. The maximum absolute atomic E-state index is 11.7. The zero-order valence-corrected chi connectivity index (χ0v) is 12.5. The maximum atomic E-state index is 11.7. The van der Waals surface area contributed by atoms with Crippen LogP contribution in [0.3, 0.4) is 0 Å². The zero-order valence-electron chi connectivity index (χ0n) is 10.9. The van der Waals surface area contributed by atoms with E-state index in [0.717, 1.165) is 6.26 Å². The summed E-state index contributed by atoms with van der Waals surface area (Å²) in [4.78, 5) is 11.3. The van der Waals surface area contributed by atoms with Crippen LogP contribution in [0, 0.1) is 6.92 Å². The van der Waals surface area contributed by atoms with Crippen LogP contribution in [-0.2, 0) is 14.6 Å². The van der Waals surface area contributed by atoms with Crippen LogP contribution in [0.2, 0.25) is 0 Å². The lowest BCUT2D eigenvalue weighted by atomic mass is 10.1. The van der Waals surface area contributed by atoms with E-state index in [9.17, 15) is 13.2 Å². The first kappa shape index (κ1) is 15.9. The summed E-state index contributed by atoms with van der Waals surface area (Å²) in [5.74, 6) is 0.144. The quantitative estimate of drug-likeness (QED) is 0.592. The van der Waals surface area contributed by atoms with E-state index in [1.165, 1.54) is 19.2 Å². The van der Waals surface area contributed by atoms with Crippen molar-refractivity contribution < 1.29 is 22.7 Å². The topological polar surface area (TPSA) is 69.7 Å². The van der Waals surface area contributed by atoms with Crippen molar-refractivity contribution in [1.82, 2.24) is 0 Å². The van der Waals surface area contributed by atoms with Crippen molar-refractivity contribution in [1.29, 1.82) is 0 Å². The first-order valence-electron chi connectivity index (χ1n) is 5.44. The van der Waals surface area contributed by atoms with Gasteiger partial charge in [0.15, 0.2) is 9.84 Å². The Morgan fingerprint density at radius 3 is 2.42 bits per heavy atom. The number of carbonyl (C=O) groups excluding carboxylic acids is 1. The third-order valence-electron chi connectivity index (χ3n) is 2.51. The van der Waals surface area contributed by atoms with E-state index in [0.29, 0.717) is 12.2 Å². The molecule has 0 heterocycles. The van der Waals surface area contributed by atoms with Crippen molar-refractivity contribution >= 4 is 26.7 Å². The lowest BCUT2D eigenvalue weighted by Crippen LogP contribution is -2.11. The molecule has 0 N–H and O–H groups in total. The molecule has 0 saturated carbocycles. The predicted molar refractivity (Wildman–Crippen MR) is 71.8 cm³/mol. The van der Waals surface area contributed by atoms with Gasteiger partial charge in [0.2, 0.25) is 0 Å². The average molecular weight is 307 g/mol. The minimum atomic E-state index is -3.46. The minimum absolute atomic E-state index is 0.0303. The number of rotatable bonds is 6. The molecule has 0 aliphatic carbocycles. The van der Waals surface area contributed by atoms with Crippen LogP contribution < -0.4 is 4.74 Å². The average Bonchev–Trinajstić information content (AvgIpc) is 2.29. The molecule has 0 amide bonds. The third-order valence-corrected chi connectivity index (χ3v) is 3.84. The largest absolute Gasteiger partial charge is 0.490 e. The smallest absolute Gasteiger partial charge is 0.252 e. The molecule has 0 radical (unpaired) electrons. The molecule has 0 aliphatic heterocycles. The van der Waals surface area contributed by atoms with E-state index >= 15 is 0 Å². The van der Waals surface area contributed by atoms with Crippen molar-refractivity contribution in [2.45, 2.75) is 11.8 Å². The maximum Gasteiger partial charge on any atom is 0.252 e. The second-order valence-corrected chi connectivity index (χ2v) is 6.28. The fourth-order valence-electron chi connectivity index (χ4n) is 1.58. The van der Waals surface area contributed by atoms with E-state index in [1.54, 1.807) is 6.92 Å². The molecule has 0 aromatic heterocycles. The highest BCUT2D eigenvalue weighted by molar-refractivity contribution is 7.90. The van der Waals surface area contributed by atoms with E-state index in [1.807, 2.05) is 0 Å². The van der Waals surface area contributed by atoms with Crippen molar-refractivity contribution in [2.24, 2.45) is 0 Å². The van der Waals surface area contributed by atoms with Crippen LogP contribution in [0.1, 0.15) is 15.9 Å². The second-order valence-electron chi connectivity index (χ2n) is 3.95. The number of hydrogen-bond acceptors (Lipinski definition) is 5. The van der Waals surface area contributed by atoms with Crippen molar-refractivity contribution in [3.8, 4) is 5.75 Å². The minimum Gasteiger partial charge on any atom is -0.490 e. The molecule has 7 heteroatoms. The summed E-state index contributed by atoms with van der Waals surface area (Å²) in [7, 11) is -1.95. The normalized spacial score (nSPS) is 11.4. The van der Waals surface area contributed by atoms with Gasteiger partial charge in [-0.25, -0.2) is 8.42 Å². The summed E-state index contributed by atoms with van der Waals surface area (Å²) in [6, 6.07) is 2.70. The van der Waals surface area contributed by atoms with E-state index in [-0.39, 0.29) is 22.8 Å². The Labute approximate surface area is 117 Å². The molecular formula is C12H15ClO5S.